The van der Waals surface area contributed by atoms with E-state index in [2.05, 4.69) is 5.32 Å². The fraction of sp³-hybridized carbons (Fsp3) is 0.200. The number of ether oxygens (including phenoxy) is 1. The SMILES string of the molecule is COc1cc([N+](=O)[O-])ccc1NC(=O)C[n+]1ccc(C)cc1. The van der Waals surface area contributed by atoms with Gasteiger partial charge in [-0.2, -0.15) is 4.57 Å². The topological polar surface area (TPSA) is 85.3 Å². The van der Waals surface area contributed by atoms with Crippen molar-refractivity contribution in [1.82, 2.24) is 0 Å². The molecule has 2 aromatic rings. The minimum atomic E-state index is -0.518. The molecule has 1 aromatic carbocycles. The van der Waals surface area contributed by atoms with Crippen LogP contribution in [-0.2, 0) is 11.3 Å². The lowest BCUT2D eigenvalue weighted by Crippen LogP contribution is -2.39. The number of aromatic nitrogens is 1. The van der Waals surface area contributed by atoms with Crippen LogP contribution < -0.4 is 14.6 Å². The van der Waals surface area contributed by atoms with Crippen molar-refractivity contribution < 1.29 is 19.0 Å². The zero-order chi connectivity index (χ0) is 16.1. The Morgan fingerprint density at radius 2 is 2.00 bits per heavy atom. The summed E-state index contributed by atoms with van der Waals surface area (Å²) >= 11 is 0. The van der Waals surface area contributed by atoms with Crippen molar-refractivity contribution in [2.75, 3.05) is 12.4 Å². The summed E-state index contributed by atoms with van der Waals surface area (Å²) in [6.07, 6.45) is 3.62. The van der Waals surface area contributed by atoms with Crippen LogP contribution in [0.5, 0.6) is 5.75 Å². The number of carbonyl (C=O) groups excluding carboxylic acids is 1. The molecule has 22 heavy (non-hydrogen) atoms. The molecular weight excluding hydrogens is 286 g/mol. The molecule has 0 saturated carbocycles. The molecule has 1 aromatic heterocycles. The van der Waals surface area contributed by atoms with Crippen molar-refractivity contribution >= 4 is 17.3 Å². The summed E-state index contributed by atoms with van der Waals surface area (Å²) in [5.74, 6) is -0.00235. The average molecular weight is 302 g/mol. The van der Waals surface area contributed by atoms with Crippen molar-refractivity contribution in [1.29, 1.82) is 0 Å². The molecule has 7 nitrogen and oxygen atoms in total. The predicted octanol–water partition coefficient (Wildman–Crippen LogP) is 1.84. The van der Waals surface area contributed by atoms with Crippen molar-refractivity contribution in [2.24, 2.45) is 0 Å². The number of carbonyl (C=O) groups is 1. The van der Waals surface area contributed by atoms with Crippen molar-refractivity contribution in [3.8, 4) is 5.75 Å². The second-order valence-corrected chi connectivity index (χ2v) is 4.74. The number of nitrogens with zero attached hydrogens (tertiary/aromatic N) is 2. The maximum absolute atomic E-state index is 12.0. The summed E-state index contributed by atoms with van der Waals surface area (Å²) in [6.45, 7) is 2.10. The first kappa shape index (κ1) is 15.4. The maximum atomic E-state index is 12.0. The first-order valence-corrected chi connectivity index (χ1v) is 6.57. The average Bonchev–Trinajstić information content (AvgIpc) is 2.49. The Labute approximate surface area is 127 Å². The van der Waals surface area contributed by atoms with Gasteiger partial charge in [0.05, 0.1) is 23.8 Å². The zero-order valence-corrected chi connectivity index (χ0v) is 12.3. The van der Waals surface area contributed by atoms with E-state index < -0.39 is 4.92 Å². The van der Waals surface area contributed by atoms with Crippen LogP contribution in [0.2, 0.25) is 0 Å². The van der Waals surface area contributed by atoms with Crippen LogP contribution in [0.1, 0.15) is 5.56 Å². The van der Waals surface area contributed by atoms with Gasteiger partial charge in [0.2, 0.25) is 6.54 Å². The van der Waals surface area contributed by atoms with E-state index >= 15 is 0 Å². The molecule has 0 aliphatic rings. The number of rotatable bonds is 5. The van der Waals surface area contributed by atoms with Crippen molar-refractivity contribution in [3.63, 3.8) is 0 Å². The predicted molar refractivity (Wildman–Crippen MR) is 79.7 cm³/mol. The number of amides is 1. The molecule has 7 heteroatoms. The summed E-state index contributed by atoms with van der Waals surface area (Å²) in [5.41, 5.74) is 1.40. The van der Waals surface area contributed by atoms with E-state index in [-0.39, 0.29) is 23.9 Å². The number of nitro groups is 1. The number of hydrogen-bond acceptors (Lipinski definition) is 4. The zero-order valence-electron chi connectivity index (χ0n) is 12.3. The first-order chi connectivity index (χ1) is 10.5. The van der Waals surface area contributed by atoms with Gasteiger partial charge in [-0.1, -0.05) is 0 Å². The van der Waals surface area contributed by atoms with Crippen LogP contribution in [0.3, 0.4) is 0 Å². The molecule has 1 heterocycles. The minimum absolute atomic E-state index is 0.0947. The van der Waals surface area contributed by atoms with Gasteiger partial charge in [-0.15, -0.1) is 0 Å². The normalized spacial score (nSPS) is 10.1. The largest absolute Gasteiger partial charge is 0.494 e. The Morgan fingerprint density at radius 3 is 2.59 bits per heavy atom. The highest BCUT2D eigenvalue weighted by Gasteiger charge is 2.15. The number of nitro benzene ring substituents is 1. The number of non-ortho nitro benzene ring substituents is 1. The van der Waals surface area contributed by atoms with E-state index in [9.17, 15) is 14.9 Å². The molecule has 0 aliphatic carbocycles. The van der Waals surface area contributed by atoms with E-state index in [1.165, 1.54) is 25.3 Å². The third-order valence-corrected chi connectivity index (χ3v) is 3.05. The van der Waals surface area contributed by atoms with Crippen LogP contribution in [0.4, 0.5) is 11.4 Å². The lowest BCUT2D eigenvalue weighted by atomic mass is 10.2. The summed E-state index contributed by atoms with van der Waals surface area (Å²) in [5, 5.41) is 13.4. The maximum Gasteiger partial charge on any atom is 0.290 e. The summed E-state index contributed by atoms with van der Waals surface area (Å²) in [6, 6.07) is 7.85. The number of methoxy groups -OCH3 is 1. The van der Waals surface area contributed by atoms with Crippen LogP contribution in [0.25, 0.3) is 0 Å². The molecule has 1 amide bonds. The Kier molecular flexibility index (Phi) is 4.67. The Hall–Kier alpha value is -2.96. The highest BCUT2D eigenvalue weighted by molar-refractivity contribution is 5.91. The molecule has 0 unspecified atom stereocenters. The fourth-order valence-corrected chi connectivity index (χ4v) is 1.89. The molecule has 0 saturated heterocycles. The number of benzene rings is 1. The molecule has 1 N–H and O–H groups in total. The van der Waals surface area contributed by atoms with E-state index in [0.717, 1.165) is 5.56 Å². The Morgan fingerprint density at radius 1 is 1.32 bits per heavy atom. The molecule has 0 radical (unpaired) electrons. The molecule has 0 spiro atoms. The lowest BCUT2D eigenvalue weighted by molar-refractivity contribution is -0.684. The van der Waals surface area contributed by atoms with E-state index in [1.54, 1.807) is 4.57 Å². The highest BCUT2D eigenvalue weighted by atomic mass is 16.6. The smallest absolute Gasteiger partial charge is 0.290 e. The van der Waals surface area contributed by atoms with Crippen LogP contribution >= 0.6 is 0 Å². The quantitative estimate of drug-likeness (QED) is 0.519. The Bertz CT molecular complexity index is 698. The third kappa shape index (κ3) is 3.78. The van der Waals surface area contributed by atoms with E-state index in [1.807, 2.05) is 31.5 Å². The van der Waals surface area contributed by atoms with Gasteiger partial charge in [0.15, 0.2) is 12.4 Å². The van der Waals surface area contributed by atoms with Gasteiger partial charge < -0.3 is 10.1 Å². The molecule has 0 atom stereocenters. The summed E-state index contributed by atoms with van der Waals surface area (Å²) < 4.78 is 6.81. The Balaban J connectivity index is 2.10. The molecule has 0 aliphatic heterocycles. The van der Waals surface area contributed by atoms with Gasteiger partial charge in [0.25, 0.3) is 11.6 Å². The van der Waals surface area contributed by atoms with E-state index in [0.29, 0.717) is 5.69 Å². The molecule has 0 fully saturated rings. The van der Waals surface area contributed by atoms with Crippen LogP contribution in [0.15, 0.2) is 42.7 Å². The van der Waals surface area contributed by atoms with Gasteiger partial charge in [0.1, 0.15) is 5.75 Å². The number of anilines is 1. The summed E-state index contributed by atoms with van der Waals surface area (Å²) in [7, 11) is 1.39. The standard InChI is InChI=1S/C15H15N3O4/c1-11-5-7-17(8-6-11)10-15(19)16-13-4-3-12(18(20)21)9-14(13)22-2/h3-9H,10H2,1-2H3/p+1. The van der Waals surface area contributed by atoms with Gasteiger partial charge in [0, 0.05) is 18.2 Å². The van der Waals surface area contributed by atoms with Gasteiger partial charge >= 0.3 is 0 Å². The molecule has 2 rings (SSSR count). The molecule has 0 bridgehead atoms. The second kappa shape index (κ2) is 6.66. The molecule has 114 valence electrons. The fourth-order valence-electron chi connectivity index (χ4n) is 1.89. The van der Waals surface area contributed by atoms with Gasteiger partial charge in [-0.3, -0.25) is 14.9 Å². The number of aryl methyl sites for hydroxylation is 1. The second-order valence-electron chi connectivity index (χ2n) is 4.74. The van der Waals surface area contributed by atoms with Gasteiger partial charge in [-0.25, -0.2) is 0 Å². The monoisotopic (exact) mass is 302 g/mol. The van der Waals surface area contributed by atoms with E-state index in [4.69, 9.17) is 4.74 Å². The van der Waals surface area contributed by atoms with Crippen molar-refractivity contribution in [2.45, 2.75) is 13.5 Å². The van der Waals surface area contributed by atoms with Crippen LogP contribution in [-0.4, -0.2) is 17.9 Å². The molecular formula is C15H16N3O4+. The van der Waals surface area contributed by atoms with Crippen molar-refractivity contribution in [3.05, 3.63) is 58.4 Å². The third-order valence-electron chi connectivity index (χ3n) is 3.05. The van der Waals surface area contributed by atoms with Gasteiger partial charge in [-0.05, 0) is 18.6 Å². The lowest BCUT2D eigenvalue weighted by Gasteiger charge is -2.08. The first-order valence-electron chi connectivity index (χ1n) is 6.57. The highest BCUT2D eigenvalue weighted by Crippen LogP contribution is 2.28. The summed E-state index contributed by atoms with van der Waals surface area (Å²) in [4.78, 5) is 22.2. The number of hydrogen-bond donors (Lipinski definition) is 1. The number of nitrogens with one attached hydrogen (secondary N) is 1. The van der Waals surface area contributed by atoms with Crippen LogP contribution in [0, 0.1) is 17.0 Å². The number of pyridine rings is 1. The minimum Gasteiger partial charge on any atom is -0.494 e.